The number of aromatic amines is 1. The highest BCUT2D eigenvalue weighted by Crippen LogP contribution is 2.27. The number of nitrogens with two attached hydrogens (primary N) is 1. The Labute approximate surface area is 175 Å². The number of para-hydroxylation sites is 1. The van der Waals surface area contributed by atoms with Gasteiger partial charge in [0.25, 0.3) is 0 Å². The molecule has 0 bridgehead atoms. The molecule has 30 heavy (non-hydrogen) atoms. The van der Waals surface area contributed by atoms with Crippen LogP contribution in [0.15, 0.2) is 36.5 Å². The number of amides is 1. The van der Waals surface area contributed by atoms with E-state index in [1.807, 2.05) is 18.2 Å². The number of pyridine rings is 1. The summed E-state index contributed by atoms with van der Waals surface area (Å²) in [6.07, 6.45) is 3.20. The first kappa shape index (κ1) is 20.1. The van der Waals surface area contributed by atoms with Crippen molar-refractivity contribution in [1.29, 1.82) is 0 Å². The van der Waals surface area contributed by atoms with Crippen molar-refractivity contribution in [3.8, 4) is 17.1 Å². The largest absolute Gasteiger partial charge is 0.410 e. The number of nitrogens with zero attached hydrogens (tertiary/aromatic N) is 3. The molecule has 0 spiro atoms. The van der Waals surface area contributed by atoms with Crippen molar-refractivity contribution in [3.63, 3.8) is 0 Å². The summed E-state index contributed by atoms with van der Waals surface area (Å²) in [6.45, 7) is 6.47. The van der Waals surface area contributed by atoms with Crippen molar-refractivity contribution in [3.05, 3.63) is 36.5 Å². The number of H-pyrrole nitrogens is 1. The van der Waals surface area contributed by atoms with Gasteiger partial charge in [0, 0.05) is 31.4 Å². The van der Waals surface area contributed by atoms with Gasteiger partial charge in [-0.2, -0.15) is 0 Å². The summed E-state index contributed by atoms with van der Waals surface area (Å²) in [7, 11) is 0. The van der Waals surface area contributed by atoms with Gasteiger partial charge in [-0.1, -0.05) is 6.07 Å². The second-order valence-corrected chi connectivity index (χ2v) is 7.32. The normalized spacial score (nSPS) is 15.1. The number of primary amides is 1. The molecular weight excluding hydrogens is 382 g/mol. The minimum absolute atomic E-state index is 0.328. The second kappa shape index (κ2) is 9.55. The van der Waals surface area contributed by atoms with Gasteiger partial charge in [-0.15, -0.1) is 0 Å². The van der Waals surface area contributed by atoms with Gasteiger partial charge in [0.15, 0.2) is 5.75 Å². The highest BCUT2D eigenvalue weighted by atomic mass is 16.5. The first-order valence-corrected chi connectivity index (χ1v) is 10.3. The molecule has 2 aromatic heterocycles. The third-order valence-corrected chi connectivity index (χ3v) is 5.11. The van der Waals surface area contributed by atoms with Crippen LogP contribution in [0.25, 0.3) is 22.4 Å². The van der Waals surface area contributed by atoms with E-state index in [4.69, 9.17) is 10.5 Å². The van der Waals surface area contributed by atoms with E-state index in [2.05, 4.69) is 30.5 Å². The average molecular weight is 409 g/mol. The number of rotatable bonds is 7. The topological polar surface area (TPSA) is 121 Å². The molecule has 1 saturated heterocycles. The van der Waals surface area contributed by atoms with Crippen molar-refractivity contribution in [1.82, 2.24) is 25.2 Å². The van der Waals surface area contributed by atoms with Crippen LogP contribution in [0.1, 0.15) is 12.8 Å². The lowest BCUT2D eigenvalue weighted by atomic mass is 10.2. The molecule has 3 aromatic rings. The zero-order valence-electron chi connectivity index (χ0n) is 16.9. The van der Waals surface area contributed by atoms with Crippen molar-refractivity contribution in [2.45, 2.75) is 12.8 Å². The van der Waals surface area contributed by atoms with E-state index < -0.39 is 6.09 Å². The fourth-order valence-corrected chi connectivity index (χ4v) is 3.62. The molecule has 3 heterocycles. The number of fused-ring (bicyclic) bond motifs is 1. The van der Waals surface area contributed by atoms with Crippen LogP contribution in [0.3, 0.4) is 0 Å². The predicted octanol–water partition coefficient (Wildman–Crippen LogP) is 2.18. The lowest BCUT2D eigenvalue weighted by Gasteiger charge is -2.19. The van der Waals surface area contributed by atoms with Crippen LogP contribution in [0.4, 0.5) is 10.6 Å². The lowest BCUT2D eigenvalue weighted by molar-refractivity contribution is 0.211. The standard InChI is InChI=1S/C21H27N7O2/c22-21(29)30-17-5-1-4-16-19(17)27-20(26-16)15-6-7-18(25-14-15)24-9-3-12-28-11-2-8-23-10-13-28/h1,4-7,14,23H,2-3,8-13H2,(H2,22,29)(H,24,25)(H,26,27). The Kier molecular flexibility index (Phi) is 6.41. The number of nitrogens with one attached hydrogen (secondary N) is 3. The Hall–Kier alpha value is -3.17. The summed E-state index contributed by atoms with van der Waals surface area (Å²) in [5, 5.41) is 6.81. The highest BCUT2D eigenvalue weighted by Gasteiger charge is 2.12. The van der Waals surface area contributed by atoms with Gasteiger partial charge in [-0.3, -0.25) is 0 Å². The van der Waals surface area contributed by atoms with Crippen molar-refractivity contribution >= 4 is 22.9 Å². The molecule has 0 atom stereocenters. The number of ether oxygens (including phenoxy) is 1. The molecular formula is C21H27N7O2. The summed E-state index contributed by atoms with van der Waals surface area (Å²) in [6, 6.07) is 9.20. The molecule has 1 aromatic carbocycles. The number of benzene rings is 1. The molecule has 158 valence electrons. The fraction of sp³-hybridized carbons (Fsp3) is 0.381. The SMILES string of the molecule is NC(=O)Oc1cccc2[nH]c(-c3ccc(NCCCN4CCCNCC4)nc3)nc12. The zero-order valence-corrected chi connectivity index (χ0v) is 16.9. The zero-order chi connectivity index (χ0) is 20.8. The van der Waals surface area contributed by atoms with E-state index in [-0.39, 0.29) is 0 Å². The molecule has 0 aliphatic carbocycles. The van der Waals surface area contributed by atoms with E-state index >= 15 is 0 Å². The van der Waals surface area contributed by atoms with Crippen LogP contribution < -0.4 is 21.1 Å². The number of carbonyl (C=O) groups excluding carboxylic acids is 1. The van der Waals surface area contributed by atoms with Gasteiger partial charge < -0.3 is 31.0 Å². The van der Waals surface area contributed by atoms with Crippen LogP contribution in [-0.4, -0.2) is 65.2 Å². The maximum atomic E-state index is 11.1. The van der Waals surface area contributed by atoms with Crippen LogP contribution in [0.5, 0.6) is 5.75 Å². The van der Waals surface area contributed by atoms with Crippen molar-refractivity contribution < 1.29 is 9.53 Å². The van der Waals surface area contributed by atoms with Crippen LogP contribution in [0, 0.1) is 0 Å². The maximum absolute atomic E-state index is 11.1. The van der Waals surface area contributed by atoms with Gasteiger partial charge >= 0.3 is 6.09 Å². The summed E-state index contributed by atoms with van der Waals surface area (Å²) in [5.74, 6) is 1.82. The Morgan fingerprint density at radius 3 is 3.00 bits per heavy atom. The maximum Gasteiger partial charge on any atom is 0.410 e. The number of carbonyl (C=O) groups is 1. The quantitative estimate of drug-likeness (QED) is 0.441. The Morgan fingerprint density at radius 1 is 1.23 bits per heavy atom. The van der Waals surface area contributed by atoms with Crippen LogP contribution >= 0.6 is 0 Å². The molecule has 0 radical (unpaired) electrons. The molecule has 5 N–H and O–H groups in total. The first-order valence-electron chi connectivity index (χ1n) is 10.3. The predicted molar refractivity (Wildman–Crippen MR) is 117 cm³/mol. The van der Waals surface area contributed by atoms with E-state index in [0.717, 1.165) is 56.0 Å². The summed E-state index contributed by atoms with van der Waals surface area (Å²) in [5.41, 5.74) is 7.29. The first-order chi connectivity index (χ1) is 14.7. The summed E-state index contributed by atoms with van der Waals surface area (Å²) < 4.78 is 5.03. The van der Waals surface area contributed by atoms with Crippen LogP contribution in [0.2, 0.25) is 0 Å². The van der Waals surface area contributed by atoms with Gasteiger partial charge in [0.1, 0.15) is 17.2 Å². The van der Waals surface area contributed by atoms with E-state index in [0.29, 0.717) is 17.1 Å². The monoisotopic (exact) mass is 409 g/mol. The third-order valence-electron chi connectivity index (χ3n) is 5.11. The number of aromatic nitrogens is 3. The fourth-order valence-electron chi connectivity index (χ4n) is 3.62. The molecule has 9 heteroatoms. The lowest BCUT2D eigenvalue weighted by Crippen LogP contribution is -2.30. The molecule has 0 saturated carbocycles. The average Bonchev–Trinajstić information content (AvgIpc) is 3.02. The van der Waals surface area contributed by atoms with Gasteiger partial charge in [0.05, 0.1) is 5.52 Å². The molecule has 4 rings (SSSR count). The van der Waals surface area contributed by atoms with Gasteiger partial charge in [-0.05, 0) is 56.7 Å². The minimum Gasteiger partial charge on any atom is -0.408 e. The van der Waals surface area contributed by atoms with Gasteiger partial charge in [0.2, 0.25) is 0 Å². The minimum atomic E-state index is -0.864. The smallest absolute Gasteiger partial charge is 0.408 e. The van der Waals surface area contributed by atoms with E-state index in [9.17, 15) is 4.79 Å². The molecule has 1 amide bonds. The van der Waals surface area contributed by atoms with Gasteiger partial charge in [-0.25, -0.2) is 14.8 Å². The molecule has 9 nitrogen and oxygen atoms in total. The summed E-state index contributed by atoms with van der Waals surface area (Å²) >= 11 is 0. The summed E-state index contributed by atoms with van der Waals surface area (Å²) in [4.78, 5) is 25.9. The second-order valence-electron chi connectivity index (χ2n) is 7.32. The number of imidazole rings is 1. The van der Waals surface area contributed by atoms with E-state index in [1.165, 1.54) is 13.0 Å². The third kappa shape index (κ3) is 5.05. The Morgan fingerprint density at radius 2 is 2.17 bits per heavy atom. The number of anilines is 1. The molecule has 0 unspecified atom stereocenters. The molecule has 1 aliphatic heterocycles. The number of hydrogen-bond acceptors (Lipinski definition) is 7. The van der Waals surface area contributed by atoms with Crippen molar-refractivity contribution in [2.24, 2.45) is 5.73 Å². The van der Waals surface area contributed by atoms with Crippen molar-refractivity contribution in [2.75, 3.05) is 44.6 Å². The van der Waals surface area contributed by atoms with E-state index in [1.54, 1.807) is 18.3 Å². The highest BCUT2D eigenvalue weighted by molar-refractivity contribution is 5.87. The Balaban J connectivity index is 1.34. The Bertz CT molecular complexity index is 979. The number of hydrogen-bond donors (Lipinski definition) is 4. The molecule has 1 aliphatic rings. The van der Waals surface area contributed by atoms with Crippen LogP contribution in [-0.2, 0) is 0 Å². The molecule has 1 fully saturated rings.